The minimum Gasteiger partial charge on any atom is -0.467 e. The molecule has 1 fully saturated rings. The summed E-state index contributed by atoms with van der Waals surface area (Å²) >= 11 is 1.22. The molecule has 0 radical (unpaired) electrons. The third-order valence-corrected chi connectivity index (χ3v) is 5.53. The van der Waals surface area contributed by atoms with Crippen molar-refractivity contribution in [1.82, 2.24) is 5.32 Å². The number of hydrogen-bond acceptors (Lipinski definition) is 5. The van der Waals surface area contributed by atoms with Crippen molar-refractivity contribution in [2.75, 3.05) is 4.90 Å². The SMILES string of the molecule is Cc1ccc(N2C(=O)C(C)S/C2=C(/C#N)C(=O)NCc2ccco2)cc1C. The summed E-state index contributed by atoms with van der Waals surface area (Å²) in [6.07, 6.45) is 1.51. The monoisotopic (exact) mass is 381 g/mol. The van der Waals surface area contributed by atoms with Gasteiger partial charge in [-0.15, -0.1) is 0 Å². The van der Waals surface area contributed by atoms with Gasteiger partial charge in [-0.05, 0) is 56.2 Å². The van der Waals surface area contributed by atoms with Crippen LogP contribution in [-0.2, 0) is 16.1 Å². The van der Waals surface area contributed by atoms with E-state index in [2.05, 4.69) is 5.32 Å². The molecule has 1 saturated heterocycles. The van der Waals surface area contributed by atoms with Crippen LogP contribution >= 0.6 is 11.8 Å². The number of aryl methyl sites for hydroxylation is 2. The molecular weight excluding hydrogens is 362 g/mol. The van der Waals surface area contributed by atoms with Crippen LogP contribution in [0.5, 0.6) is 0 Å². The second-order valence-corrected chi connectivity index (χ2v) is 7.59. The summed E-state index contributed by atoms with van der Waals surface area (Å²) in [6.45, 7) is 5.88. The lowest BCUT2D eigenvalue weighted by atomic mass is 10.1. The molecule has 3 rings (SSSR count). The predicted molar refractivity (Wildman–Crippen MR) is 104 cm³/mol. The van der Waals surface area contributed by atoms with Crippen molar-refractivity contribution in [2.24, 2.45) is 0 Å². The maximum absolute atomic E-state index is 12.7. The van der Waals surface area contributed by atoms with Gasteiger partial charge in [-0.3, -0.25) is 14.5 Å². The molecule has 1 N–H and O–H groups in total. The fourth-order valence-electron chi connectivity index (χ4n) is 2.70. The highest BCUT2D eigenvalue weighted by Crippen LogP contribution is 2.40. The van der Waals surface area contributed by atoms with Crippen molar-refractivity contribution in [3.63, 3.8) is 0 Å². The Balaban J connectivity index is 1.95. The number of thioether (sulfide) groups is 1. The summed E-state index contributed by atoms with van der Waals surface area (Å²) in [7, 11) is 0. The molecular formula is C20H19N3O3S. The molecule has 1 aromatic heterocycles. The smallest absolute Gasteiger partial charge is 0.265 e. The summed E-state index contributed by atoms with van der Waals surface area (Å²) < 4.78 is 5.19. The molecule has 1 unspecified atom stereocenters. The van der Waals surface area contributed by atoms with Crippen LogP contribution in [0.1, 0.15) is 23.8 Å². The number of nitrogens with zero attached hydrogens (tertiary/aromatic N) is 2. The van der Waals surface area contributed by atoms with Crippen molar-refractivity contribution >= 4 is 29.3 Å². The van der Waals surface area contributed by atoms with Gasteiger partial charge in [0, 0.05) is 5.69 Å². The molecule has 1 atom stereocenters. The van der Waals surface area contributed by atoms with E-state index in [9.17, 15) is 14.9 Å². The van der Waals surface area contributed by atoms with Crippen LogP contribution in [0.25, 0.3) is 0 Å². The topological polar surface area (TPSA) is 86.3 Å². The molecule has 2 amide bonds. The van der Waals surface area contributed by atoms with Gasteiger partial charge in [0.2, 0.25) is 5.91 Å². The Labute approximate surface area is 161 Å². The summed E-state index contributed by atoms with van der Waals surface area (Å²) in [5.41, 5.74) is 2.71. The summed E-state index contributed by atoms with van der Waals surface area (Å²) in [4.78, 5) is 26.8. The van der Waals surface area contributed by atoms with Gasteiger partial charge < -0.3 is 9.73 Å². The number of furan rings is 1. The lowest BCUT2D eigenvalue weighted by Crippen LogP contribution is -2.30. The molecule has 7 heteroatoms. The average Bonchev–Trinajstić information content (AvgIpc) is 3.25. The van der Waals surface area contributed by atoms with Crippen LogP contribution in [0.2, 0.25) is 0 Å². The second kappa shape index (κ2) is 7.72. The maximum atomic E-state index is 12.7. The molecule has 1 aliphatic heterocycles. The third-order valence-electron chi connectivity index (χ3n) is 4.36. The van der Waals surface area contributed by atoms with E-state index in [4.69, 9.17) is 4.42 Å². The first-order chi connectivity index (χ1) is 12.9. The van der Waals surface area contributed by atoms with E-state index in [0.29, 0.717) is 16.5 Å². The normalized spacial score (nSPS) is 18.4. The second-order valence-electron chi connectivity index (χ2n) is 6.26. The largest absolute Gasteiger partial charge is 0.467 e. The number of hydrogen-bond donors (Lipinski definition) is 1. The van der Waals surface area contributed by atoms with E-state index < -0.39 is 5.91 Å². The summed E-state index contributed by atoms with van der Waals surface area (Å²) in [5.74, 6) is -0.0999. The zero-order valence-electron chi connectivity index (χ0n) is 15.3. The number of amides is 2. The first-order valence-electron chi connectivity index (χ1n) is 8.45. The number of nitrogens with one attached hydrogen (secondary N) is 1. The van der Waals surface area contributed by atoms with E-state index in [0.717, 1.165) is 11.1 Å². The minimum atomic E-state index is -0.535. The number of carbonyl (C=O) groups excluding carboxylic acids is 2. The highest BCUT2D eigenvalue weighted by molar-refractivity contribution is 8.05. The zero-order valence-corrected chi connectivity index (χ0v) is 16.1. The molecule has 2 heterocycles. The highest BCUT2D eigenvalue weighted by Gasteiger charge is 2.38. The zero-order chi connectivity index (χ0) is 19.6. The molecule has 0 saturated carbocycles. The van der Waals surface area contributed by atoms with Crippen molar-refractivity contribution in [3.05, 3.63) is 64.1 Å². The average molecular weight is 381 g/mol. The summed E-state index contributed by atoms with van der Waals surface area (Å²) in [5, 5.41) is 12.3. The molecule has 0 spiro atoms. The van der Waals surface area contributed by atoms with Crippen LogP contribution in [-0.4, -0.2) is 17.1 Å². The van der Waals surface area contributed by atoms with Gasteiger partial charge in [-0.2, -0.15) is 5.26 Å². The van der Waals surface area contributed by atoms with E-state index in [-0.39, 0.29) is 23.3 Å². The van der Waals surface area contributed by atoms with Crippen LogP contribution in [0.3, 0.4) is 0 Å². The molecule has 1 aliphatic rings. The predicted octanol–water partition coefficient (Wildman–Crippen LogP) is 3.42. The fourth-order valence-corrected chi connectivity index (χ4v) is 3.80. The fraction of sp³-hybridized carbons (Fsp3) is 0.250. The molecule has 27 heavy (non-hydrogen) atoms. The van der Waals surface area contributed by atoms with Crippen molar-refractivity contribution in [2.45, 2.75) is 32.6 Å². The van der Waals surface area contributed by atoms with Gasteiger partial charge in [0.05, 0.1) is 18.1 Å². The lowest BCUT2D eigenvalue weighted by Gasteiger charge is -2.19. The van der Waals surface area contributed by atoms with Gasteiger partial charge >= 0.3 is 0 Å². The van der Waals surface area contributed by atoms with E-state index >= 15 is 0 Å². The highest BCUT2D eigenvalue weighted by atomic mass is 32.2. The molecule has 138 valence electrons. The molecule has 6 nitrogen and oxygen atoms in total. The number of anilines is 1. The number of benzene rings is 1. The van der Waals surface area contributed by atoms with Crippen LogP contribution in [0.15, 0.2) is 51.6 Å². The number of nitriles is 1. The van der Waals surface area contributed by atoms with Crippen LogP contribution < -0.4 is 10.2 Å². The van der Waals surface area contributed by atoms with Crippen LogP contribution in [0, 0.1) is 25.2 Å². The first kappa shape index (κ1) is 18.8. The Hall–Kier alpha value is -2.98. The number of carbonyl (C=O) groups is 2. The van der Waals surface area contributed by atoms with Crippen molar-refractivity contribution < 1.29 is 14.0 Å². The quantitative estimate of drug-likeness (QED) is 0.648. The van der Waals surface area contributed by atoms with Crippen LogP contribution in [0.4, 0.5) is 5.69 Å². The third kappa shape index (κ3) is 3.76. The first-order valence-corrected chi connectivity index (χ1v) is 9.33. The minimum absolute atomic E-state index is 0.0810. The van der Waals surface area contributed by atoms with Gasteiger partial charge in [0.25, 0.3) is 5.91 Å². The molecule has 0 bridgehead atoms. The van der Waals surface area contributed by atoms with E-state index in [1.165, 1.54) is 22.9 Å². The number of rotatable bonds is 4. The Morgan fingerprint density at radius 3 is 2.74 bits per heavy atom. The van der Waals surface area contributed by atoms with Gasteiger partial charge in [-0.25, -0.2) is 0 Å². The van der Waals surface area contributed by atoms with Crippen molar-refractivity contribution in [1.29, 1.82) is 5.26 Å². The molecule has 1 aromatic carbocycles. The van der Waals surface area contributed by atoms with E-state index in [1.54, 1.807) is 19.1 Å². The Morgan fingerprint density at radius 1 is 1.33 bits per heavy atom. The van der Waals surface area contributed by atoms with Gasteiger partial charge in [-0.1, -0.05) is 17.8 Å². The van der Waals surface area contributed by atoms with Gasteiger partial charge in [0.1, 0.15) is 22.4 Å². The lowest BCUT2D eigenvalue weighted by molar-refractivity contribution is -0.117. The molecule has 2 aromatic rings. The summed E-state index contributed by atoms with van der Waals surface area (Å²) in [6, 6.07) is 11.1. The van der Waals surface area contributed by atoms with Crippen molar-refractivity contribution in [3.8, 4) is 6.07 Å². The molecule has 0 aliphatic carbocycles. The van der Waals surface area contributed by atoms with E-state index in [1.807, 2.05) is 38.1 Å². The Bertz CT molecular complexity index is 957. The maximum Gasteiger partial charge on any atom is 0.265 e. The Morgan fingerprint density at radius 2 is 2.11 bits per heavy atom. The van der Waals surface area contributed by atoms with Gasteiger partial charge in [0.15, 0.2) is 0 Å². The standard InChI is InChI=1S/C20H19N3O3S/c1-12-6-7-15(9-13(12)2)23-19(25)14(3)27-20(23)17(10-21)18(24)22-11-16-5-4-8-26-16/h4-9,14H,11H2,1-3H3,(H,22,24)/b20-17-. The Kier molecular flexibility index (Phi) is 5.38.